The maximum absolute atomic E-state index is 6.44. The van der Waals surface area contributed by atoms with Gasteiger partial charge < -0.3 is 4.42 Å². The van der Waals surface area contributed by atoms with Crippen LogP contribution in [-0.4, -0.2) is 0 Å². The average molecular weight is 352 g/mol. The Bertz CT molecular complexity index is 1360. The predicted octanol–water partition coefficient (Wildman–Crippen LogP) is 6.16. The molecule has 2 heterocycles. The number of hydrogen-bond acceptors (Lipinski definition) is 1. The van der Waals surface area contributed by atoms with Gasteiger partial charge in [0, 0.05) is 22.4 Å². The number of hydrogen-bond donors (Lipinski definition) is 0. The summed E-state index contributed by atoms with van der Waals surface area (Å²) >= 11 is 0. The van der Waals surface area contributed by atoms with Gasteiger partial charge in [-0.25, -0.2) is 4.57 Å². The Morgan fingerprint density at radius 3 is 2.22 bits per heavy atom. The van der Waals surface area contributed by atoms with Crippen molar-refractivity contribution >= 4 is 32.7 Å². The summed E-state index contributed by atoms with van der Waals surface area (Å²) in [6.07, 6.45) is 2.20. The van der Waals surface area contributed by atoms with E-state index in [4.69, 9.17) is 4.42 Å². The Labute approximate surface area is 158 Å². The molecule has 132 valence electrons. The maximum Gasteiger partial charge on any atom is 0.216 e. The lowest BCUT2D eigenvalue weighted by atomic mass is 9.92. The second kappa shape index (κ2) is 5.68. The number of aromatic nitrogens is 1. The van der Waals surface area contributed by atoms with Crippen molar-refractivity contribution in [1.29, 1.82) is 0 Å². The normalized spacial score (nSPS) is 11.7. The molecule has 0 amide bonds. The van der Waals surface area contributed by atoms with Crippen LogP contribution in [0.4, 0.5) is 0 Å². The van der Waals surface area contributed by atoms with Gasteiger partial charge in [-0.05, 0) is 48.7 Å². The molecule has 2 aromatic heterocycles. The number of fused-ring (bicyclic) bond motifs is 5. The van der Waals surface area contributed by atoms with Gasteiger partial charge in [0.05, 0.1) is 5.56 Å². The zero-order valence-corrected chi connectivity index (χ0v) is 16.1. The van der Waals surface area contributed by atoms with E-state index in [1.54, 1.807) is 0 Å². The fraction of sp³-hybridized carbons (Fsp3) is 0.160. The smallest absolute Gasteiger partial charge is 0.216 e. The third kappa shape index (κ3) is 2.23. The molecule has 2 nitrogen and oxygen atoms in total. The highest BCUT2D eigenvalue weighted by atomic mass is 16.3. The Balaban J connectivity index is 2.06. The highest BCUT2D eigenvalue weighted by Gasteiger charge is 2.24. The van der Waals surface area contributed by atoms with E-state index in [9.17, 15) is 0 Å². The van der Waals surface area contributed by atoms with Crippen LogP contribution in [0.3, 0.4) is 0 Å². The molecule has 0 aliphatic rings. The summed E-state index contributed by atoms with van der Waals surface area (Å²) in [5, 5.41) is 4.92. The molecule has 0 saturated heterocycles. The van der Waals surface area contributed by atoms with E-state index in [-0.39, 0.29) is 0 Å². The lowest BCUT2D eigenvalue weighted by molar-refractivity contribution is -0.660. The van der Waals surface area contributed by atoms with E-state index in [0.717, 1.165) is 11.2 Å². The Morgan fingerprint density at radius 1 is 0.778 bits per heavy atom. The molecule has 2 heteroatoms. The molecule has 0 spiro atoms. The van der Waals surface area contributed by atoms with E-state index in [2.05, 4.69) is 87.1 Å². The van der Waals surface area contributed by atoms with Gasteiger partial charge >= 0.3 is 0 Å². The van der Waals surface area contributed by atoms with Crippen molar-refractivity contribution in [3.8, 4) is 11.3 Å². The van der Waals surface area contributed by atoms with E-state index in [1.165, 1.54) is 49.5 Å². The van der Waals surface area contributed by atoms with E-state index in [1.807, 2.05) is 6.07 Å². The van der Waals surface area contributed by atoms with Gasteiger partial charge in [0.2, 0.25) is 5.69 Å². The fourth-order valence-electron chi connectivity index (χ4n) is 4.26. The molecule has 0 radical (unpaired) electrons. The van der Waals surface area contributed by atoms with Gasteiger partial charge in [0.15, 0.2) is 6.20 Å². The molecule has 0 atom stereocenters. The molecule has 5 aromatic rings. The first-order chi connectivity index (χ1) is 13.1. The van der Waals surface area contributed by atoms with Crippen molar-refractivity contribution in [1.82, 2.24) is 0 Å². The zero-order chi connectivity index (χ0) is 18.7. The third-order valence-electron chi connectivity index (χ3n) is 5.80. The van der Waals surface area contributed by atoms with Crippen molar-refractivity contribution in [2.75, 3.05) is 0 Å². The van der Waals surface area contributed by atoms with Gasteiger partial charge in [-0.1, -0.05) is 42.5 Å². The molecule has 0 fully saturated rings. The van der Waals surface area contributed by atoms with Crippen molar-refractivity contribution < 1.29 is 8.98 Å². The second-order valence-corrected chi connectivity index (χ2v) is 7.48. The summed E-state index contributed by atoms with van der Waals surface area (Å²) in [5.74, 6) is 0. The van der Waals surface area contributed by atoms with E-state index in [0.29, 0.717) is 0 Å². The summed E-state index contributed by atoms with van der Waals surface area (Å²) in [5.41, 5.74) is 8.13. The molecule has 5 rings (SSSR count). The first kappa shape index (κ1) is 16.1. The summed E-state index contributed by atoms with van der Waals surface area (Å²) in [7, 11) is 2.12. The molecule has 0 aliphatic carbocycles. The average Bonchev–Trinajstić information content (AvgIpc) is 3.05. The van der Waals surface area contributed by atoms with Crippen LogP contribution in [0.25, 0.3) is 44.0 Å². The van der Waals surface area contributed by atoms with Crippen molar-refractivity contribution in [3.05, 3.63) is 77.5 Å². The largest absolute Gasteiger partial charge is 0.455 e. The number of benzene rings is 3. The van der Waals surface area contributed by atoms with E-state index >= 15 is 0 Å². The summed E-state index contributed by atoms with van der Waals surface area (Å²) < 4.78 is 8.65. The van der Waals surface area contributed by atoms with Gasteiger partial charge in [-0.3, -0.25) is 0 Å². The quantitative estimate of drug-likeness (QED) is 0.330. The van der Waals surface area contributed by atoms with Crippen LogP contribution in [0.5, 0.6) is 0 Å². The lowest BCUT2D eigenvalue weighted by Gasteiger charge is -2.11. The number of aryl methyl sites for hydroxylation is 4. The summed E-state index contributed by atoms with van der Waals surface area (Å²) in [4.78, 5) is 0. The minimum Gasteiger partial charge on any atom is -0.455 e. The summed E-state index contributed by atoms with van der Waals surface area (Å²) in [6.45, 7) is 6.54. The molecule has 0 saturated carbocycles. The number of nitrogens with zero attached hydrogens (tertiary/aromatic N) is 1. The van der Waals surface area contributed by atoms with Gasteiger partial charge in [0.1, 0.15) is 18.2 Å². The Hall–Kier alpha value is -3.13. The van der Waals surface area contributed by atoms with Crippen LogP contribution in [0, 0.1) is 20.8 Å². The van der Waals surface area contributed by atoms with Gasteiger partial charge in [-0.2, -0.15) is 0 Å². The fourth-order valence-corrected chi connectivity index (χ4v) is 4.26. The minimum absolute atomic E-state index is 0.941. The number of rotatable bonds is 1. The number of furan rings is 1. The molecule has 3 aromatic carbocycles. The molecule has 0 N–H and O–H groups in total. The third-order valence-corrected chi connectivity index (χ3v) is 5.80. The van der Waals surface area contributed by atoms with Crippen LogP contribution in [0.1, 0.15) is 16.7 Å². The van der Waals surface area contributed by atoms with Crippen LogP contribution in [0.15, 0.2) is 65.2 Å². The highest BCUT2D eigenvalue weighted by Crippen LogP contribution is 2.42. The van der Waals surface area contributed by atoms with Gasteiger partial charge in [-0.15, -0.1) is 0 Å². The minimum atomic E-state index is 0.941. The predicted molar refractivity (Wildman–Crippen MR) is 112 cm³/mol. The molecule has 0 bridgehead atoms. The van der Waals surface area contributed by atoms with E-state index < -0.39 is 0 Å². The molecule has 27 heavy (non-hydrogen) atoms. The zero-order valence-electron chi connectivity index (χ0n) is 16.1. The van der Waals surface area contributed by atoms with Crippen LogP contribution >= 0.6 is 0 Å². The lowest BCUT2D eigenvalue weighted by Crippen LogP contribution is -2.31. The first-order valence-electron chi connectivity index (χ1n) is 9.36. The molecule has 0 unspecified atom stereocenters. The standard InChI is InChI=1S/C25H22NO/c1-15-13-21(26(4)14-16(15)2)23-17(3)18-9-5-6-10-19(18)24-20-11-7-8-12-22(20)27-25(23)24/h5-14H,1-4H3/q+1. The van der Waals surface area contributed by atoms with Gasteiger partial charge in [0.25, 0.3) is 0 Å². The summed E-state index contributed by atoms with van der Waals surface area (Å²) in [6, 6.07) is 19.3. The second-order valence-electron chi connectivity index (χ2n) is 7.48. The number of pyridine rings is 1. The van der Waals surface area contributed by atoms with Crippen LogP contribution < -0.4 is 4.57 Å². The Kier molecular flexibility index (Phi) is 3.38. The first-order valence-corrected chi connectivity index (χ1v) is 9.36. The van der Waals surface area contributed by atoms with Crippen molar-refractivity contribution in [2.24, 2.45) is 7.05 Å². The van der Waals surface area contributed by atoms with Crippen molar-refractivity contribution in [3.63, 3.8) is 0 Å². The molecular weight excluding hydrogens is 330 g/mol. The SMILES string of the molecule is Cc1cc(-c2c(C)c3ccccc3c3c2oc2ccccc23)[n+](C)cc1C. The Morgan fingerprint density at radius 2 is 1.44 bits per heavy atom. The van der Waals surface area contributed by atoms with Crippen LogP contribution in [-0.2, 0) is 7.05 Å². The maximum atomic E-state index is 6.44. The molecule has 0 aliphatic heterocycles. The van der Waals surface area contributed by atoms with Crippen molar-refractivity contribution in [2.45, 2.75) is 20.8 Å². The highest BCUT2D eigenvalue weighted by molar-refractivity contribution is 6.23. The molecular formula is C25H22NO+. The topological polar surface area (TPSA) is 17.0 Å². The number of para-hydroxylation sites is 1. The van der Waals surface area contributed by atoms with Crippen LogP contribution in [0.2, 0.25) is 0 Å². The monoisotopic (exact) mass is 352 g/mol.